The highest BCUT2D eigenvalue weighted by Crippen LogP contribution is 2.22. The summed E-state index contributed by atoms with van der Waals surface area (Å²) in [6.07, 6.45) is 1.12. The van der Waals surface area contributed by atoms with Crippen molar-refractivity contribution in [3.8, 4) is 0 Å². The molecule has 3 aromatic rings. The number of H-pyrrole nitrogens is 1. The van der Waals surface area contributed by atoms with E-state index in [4.69, 9.17) is 4.42 Å². The quantitative estimate of drug-likeness (QED) is 0.732. The smallest absolute Gasteiger partial charge is 0.287 e. The molecule has 2 aromatic heterocycles. The van der Waals surface area contributed by atoms with Gasteiger partial charge in [0.2, 0.25) is 0 Å². The van der Waals surface area contributed by atoms with Gasteiger partial charge in [0.15, 0.2) is 15.6 Å². The van der Waals surface area contributed by atoms with Crippen molar-refractivity contribution < 1.29 is 17.6 Å². The number of benzene rings is 1. The highest BCUT2D eigenvalue weighted by molar-refractivity contribution is 7.89. The number of fused-ring (bicyclic) bond motifs is 1. The Labute approximate surface area is 146 Å². The van der Waals surface area contributed by atoms with Gasteiger partial charge in [-0.15, -0.1) is 0 Å². The first-order chi connectivity index (χ1) is 11.7. The Balaban J connectivity index is 1.69. The van der Waals surface area contributed by atoms with E-state index in [1.54, 1.807) is 0 Å². The maximum absolute atomic E-state index is 12.2. The second-order valence-corrected chi connectivity index (χ2v) is 8.41. The fraction of sp³-hybridized carbons (Fsp3) is 0.278. The molecule has 3 rings (SSSR count). The zero-order chi connectivity index (χ0) is 18.2. The van der Waals surface area contributed by atoms with Gasteiger partial charge in [0.25, 0.3) is 5.91 Å². The lowest BCUT2D eigenvalue weighted by molar-refractivity contribution is 0.0921. The number of furan rings is 1. The predicted octanol–water partition coefficient (Wildman–Crippen LogP) is 2.85. The molecule has 0 bridgehead atoms. The van der Waals surface area contributed by atoms with Gasteiger partial charge in [-0.2, -0.15) is 0 Å². The van der Waals surface area contributed by atoms with Crippen LogP contribution < -0.4 is 5.32 Å². The molecule has 0 unspecified atom stereocenters. The molecule has 0 spiro atoms. The topological polar surface area (TPSA) is 92.2 Å². The maximum atomic E-state index is 12.2. The molecule has 7 heteroatoms. The first-order valence-corrected chi connectivity index (χ1v) is 9.91. The van der Waals surface area contributed by atoms with Crippen LogP contribution in [0.5, 0.6) is 0 Å². The summed E-state index contributed by atoms with van der Waals surface area (Å²) in [5, 5.41) is 3.93. The molecule has 2 heterocycles. The second kappa shape index (κ2) is 6.40. The van der Waals surface area contributed by atoms with Crippen LogP contribution in [0, 0.1) is 13.8 Å². The lowest BCUT2D eigenvalue weighted by Gasteiger charge is -2.04. The van der Waals surface area contributed by atoms with Gasteiger partial charge in [-0.25, -0.2) is 8.42 Å². The largest absolute Gasteiger partial charge is 0.455 e. The van der Waals surface area contributed by atoms with Crippen molar-refractivity contribution in [1.29, 1.82) is 0 Å². The molecular formula is C18H20N2O4S. The molecule has 0 atom stereocenters. The fourth-order valence-corrected chi connectivity index (χ4v) is 3.40. The summed E-state index contributed by atoms with van der Waals surface area (Å²) in [5.41, 5.74) is 4.37. The molecule has 0 aliphatic rings. The number of carbonyl (C=O) groups is 1. The lowest BCUT2D eigenvalue weighted by atomic mass is 10.1. The summed E-state index contributed by atoms with van der Waals surface area (Å²) in [4.78, 5) is 15.5. The van der Waals surface area contributed by atoms with Crippen LogP contribution in [0.2, 0.25) is 0 Å². The van der Waals surface area contributed by atoms with E-state index in [2.05, 4.69) is 17.2 Å². The molecule has 0 aliphatic carbocycles. The highest BCUT2D eigenvalue weighted by atomic mass is 32.2. The highest BCUT2D eigenvalue weighted by Gasteiger charge is 2.14. The third-order valence-electron chi connectivity index (χ3n) is 4.12. The number of hydrogen-bond donors (Lipinski definition) is 2. The third-order valence-corrected chi connectivity index (χ3v) is 4.92. The van der Waals surface area contributed by atoms with Crippen molar-refractivity contribution in [3.05, 3.63) is 58.7 Å². The van der Waals surface area contributed by atoms with Crippen molar-refractivity contribution in [3.63, 3.8) is 0 Å². The van der Waals surface area contributed by atoms with Crippen LogP contribution in [0.3, 0.4) is 0 Å². The Morgan fingerprint density at radius 3 is 2.68 bits per heavy atom. The number of amides is 1. The minimum absolute atomic E-state index is 0.105. The van der Waals surface area contributed by atoms with Gasteiger partial charge < -0.3 is 14.7 Å². The molecule has 0 aliphatic heterocycles. The maximum Gasteiger partial charge on any atom is 0.287 e. The summed E-state index contributed by atoms with van der Waals surface area (Å²) < 4.78 is 27.8. The molecule has 2 N–H and O–H groups in total. The van der Waals surface area contributed by atoms with Crippen molar-refractivity contribution in [1.82, 2.24) is 10.3 Å². The normalized spacial score (nSPS) is 11.8. The van der Waals surface area contributed by atoms with Crippen molar-refractivity contribution in [2.45, 2.75) is 26.1 Å². The van der Waals surface area contributed by atoms with Crippen LogP contribution in [-0.2, 0) is 22.1 Å². The number of hydrogen-bond acceptors (Lipinski definition) is 4. The van der Waals surface area contributed by atoms with Crippen molar-refractivity contribution >= 4 is 26.6 Å². The molecule has 0 fully saturated rings. The number of aromatic nitrogens is 1. The van der Waals surface area contributed by atoms with Crippen LogP contribution in [0.15, 0.2) is 34.7 Å². The van der Waals surface area contributed by atoms with E-state index in [0.717, 1.165) is 28.4 Å². The number of sulfone groups is 1. The molecule has 6 nitrogen and oxygen atoms in total. The zero-order valence-corrected chi connectivity index (χ0v) is 15.2. The lowest BCUT2D eigenvalue weighted by Crippen LogP contribution is -2.22. The molecule has 1 aromatic carbocycles. The van der Waals surface area contributed by atoms with Gasteiger partial charge in [0.05, 0.1) is 0 Å². The first kappa shape index (κ1) is 17.3. The summed E-state index contributed by atoms with van der Waals surface area (Å²) >= 11 is 0. The van der Waals surface area contributed by atoms with E-state index in [9.17, 15) is 13.2 Å². The minimum atomic E-state index is -3.20. The summed E-state index contributed by atoms with van der Waals surface area (Å²) in [6, 6.07) is 8.99. The number of aryl methyl sites for hydroxylation is 2. The summed E-state index contributed by atoms with van der Waals surface area (Å²) in [7, 11) is -3.20. The average Bonchev–Trinajstić information content (AvgIpc) is 3.09. The van der Waals surface area contributed by atoms with Crippen LogP contribution in [0.25, 0.3) is 10.9 Å². The van der Waals surface area contributed by atoms with Gasteiger partial charge in [-0.1, -0.05) is 6.07 Å². The monoisotopic (exact) mass is 360 g/mol. The Bertz CT molecular complexity index is 1040. The van der Waals surface area contributed by atoms with E-state index in [1.807, 2.05) is 25.1 Å². The van der Waals surface area contributed by atoms with Gasteiger partial charge in [0.1, 0.15) is 11.5 Å². The molecule has 0 radical (unpaired) electrons. The predicted molar refractivity (Wildman–Crippen MR) is 96.2 cm³/mol. The van der Waals surface area contributed by atoms with Gasteiger partial charge in [-0.05, 0) is 49.2 Å². The number of aromatic amines is 1. The van der Waals surface area contributed by atoms with E-state index in [1.165, 1.54) is 17.7 Å². The van der Waals surface area contributed by atoms with Gasteiger partial charge in [-0.3, -0.25) is 4.79 Å². The molecule has 1 amide bonds. The molecule has 132 valence electrons. The minimum Gasteiger partial charge on any atom is -0.455 e. The molecular weight excluding hydrogens is 340 g/mol. The summed E-state index contributed by atoms with van der Waals surface area (Å²) in [5.74, 6) is -0.231. The van der Waals surface area contributed by atoms with E-state index in [0.29, 0.717) is 6.54 Å². The number of rotatable bonds is 5. The van der Waals surface area contributed by atoms with E-state index in [-0.39, 0.29) is 23.2 Å². The number of carbonyl (C=O) groups excluding carboxylic acids is 1. The summed E-state index contributed by atoms with van der Waals surface area (Å²) in [6.45, 7) is 4.45. The second-order valence-electron chi connectivity index (χ2n) is 6.27. The molecule has 0 saturated heterocycles. The Morgan fingerprint density at radius 2 is 1.96 bits per heavy atom. The van der Waals surface area contributed by atoms with Crippen LogP contribution in [-0.4, -0.2) is 25.6 Å². The Morgan fingerprint density at radius 1 is 1.20 bits per heavy atom. The van der Waals surface area contributed by atoms with Gasteiger partial charge >= 0.3 is 0 Å². The van der Waals surface area contributed by atoms with Gasteiger partial charge in [0, 0.05) is 29.4 Å². The SMILES string of the molecule is Cc1[nH]c2ccc(CNC(=O)c3ccc(CS(C)(=O)=O)o3)cc2c1C. The van der Waals surface area contributed by atoms with Crippen LogP contribution in [0.1, 0.15) is 33.1 Å². The molecule has 0 saturated carbocycles. The van der Waals surface area contributed by atoms with Crippen LogP contribution >= 0.6 is 0 Å². The third kappa shape index (κ3) is 3.93. The number of nitrogens with one attached hydrogen (secondary N) is 2. The van der Waals surface area contributed by atoms with E-state index >= 15 is 0 Å². The van der Waals surface area contributed by atoms with Crippen molar-refractivity contribution in [2.24, 2.45) is 0 Å². The Kier molecular flexibility index (Phi) is 4.43. The first-order valence-electron chi connectivity index (χ1n) is 7.85. The Hall–Kier alpha value is -2.54. The zero-order valence-electron chi connectivity index (χ0n) is 14.3. The standard InChI is InChI=1S/C18H20N2O4S/c1-11-12(2)20-16-6-4-13(8-15(11)16)9-19-18(21)17-7-5-14(24-17)10-25(3,22)23/h4-8,20H,9-10H2,1-3H3,(H,19,21). The van der Waals surface area contributed by atoms with E-state index < -0.39 is 9.84 Å². The average molecular weight is 360 g/mol. The van der Waals surface area contributed by atoms with Crippen molar-refractivity contribution in [2.75, 3.05) is 6.26 Å². The molecule has 25 heavy (non-hydrogen) atoms. The van der Waals surface area contributed by atoms with Crippen LogP contribution in [0.4, 0.5) is 0 Å². The fourth-order valence-electron chi connectivity index (χ4n) is 2.72.